The Bertz CT molecular complexity index is 774. The molecule has 0 saturated heterocycles. The van der Waals surface area contributed by atoms with Gasteiger partial charge in [-0.2, -0.15) is 0 Å². The molecule has 124 valence electrons. The number of benzene rings is 2. The van der Waals surface area contributed by atoms with Crippen LogP contribution in [0.3, 0.4) is 0 Å². The summed E-state index contributed by atoms with van der Waals surface area (Å²) in [5, 5.41) is 0. The standard InChI is InChI=1S/C20H22N2O2/c1-24-17-12-14-7-3-4-8-15(14)18(17)19-16-9-5-2-6-13(16)10-11-22(19)20(21)23/h2-9,17-19H,10-12H2,1H3,(H2,21,23)/t17-,18-,19?/m0/s1. The molecule has 0 saturated carbocycles. The molecule has 4 heteroatoms. The van der Waals surface area contributed by atoms with Crippen molar-refractivity contribution in [3.05, 3.63) is 70.8 Å². The topological polar surface area (TPSA) is 55.6 Å². The lowest BCUT2D eigenvalue weighted by Crippen LogP contribution is -2.46. The largest absolute Gasteiger partial charge is 0.380 e. The normalized spacial score (nSPS) is 25.2. The van der Waals surface area contributed by atoms with E-state index in [2.05, 4.69) is 42.5 Å². The second-order valence-electron chi connectivity index (χ2n) is 6.63. The summed E-state index contributed by atoms with van der Waals surface area (Å²) < 4.78 is 5.82. The van der Waals surface area contributed by atoms with Crippen LogP contribution in [-0.2, 0) is 17.6 Å². The number of urea groups is 1. The highest BCUT2D eigenvalue weighted by molar-refractivity contribution is 5.73. The third-order valence-corrected chi connectivity index (χ3v) is 5.49. The van der Waals surface area contributed by atoms with Crippen LogP contribution in [0.4, 0.5) is 4.79 Å². The van der Waals surface area contributed by atoms with Gasteiger partial charge in [-0.3, -0.25) is 0 Å². The Morgan fingerprint density at radius 3 is 2.46 bits per heavy atom. The van der Waals surface area contributed by atoms with Crippen LogP contribution in [0.25, 0.3) is 0 Å². The molecule has 4 nitrogen and oxygen atoms in total. The number of hydrogen-bond acceptors (Lipinski definition) is 2. The van der Waals surface area contributed by atoms with Crippen LogP contribution in [0, 0.1) is 0 Å². The highest BCUT2D eigenvalue weighted by Crippen LogP contribution is 2.47. The number of primary amides is 1. The molecule has 3 atom stereocenters. The van der Waals surface area contributed by atoms with Gasteiger partial charge < -0.3 is 15.4 Å². The van der Waals surface area contributed by atoms with E-state index in [4.69, 9.17) is 10.5 Å². The van der Waals surface area contributed by atoms with Crippen molar-refractivity contribution in [3.8, 4) is 0 Å². The van der Waals surface area contributed by atoms with Gasteiger partial charge in [0.15, 0.2) is 0 Å². The molecule has 4 rings (SSSR count). The molecule has 2 aromatic rings. The predicted octanol–water partition coefficient (Wildman–Crippen LogP) is 3.02. The average molecular weight is 322 g/mol. The lowest BCUT2D eigenvalue weighted by Gasteiger charge is -2.41. The third-order valence-electron chi connectivity index (χ3n) is 5.49. The molecular formula is C20H22N2O2. The van der Waals surface area contributed by atoms with Gasteiger partial charge in [-0.1, -0.05) is 48.5 Å². The van der Waals surface area contributed by atoms with E-state index >= 15 is 0 Å². The number of fused-ring (bicyclic) bond motifs is 2. The van der Waals surface area contributed by atoms with Gasteiger partial charge in [-0.25, -0.2) is 4.79 Å². The second-order valence-corrected chi connectivity index (χ2v) is 6.63. The SMILES string of the molecule is CO[C@H]1Cc2ccccc2[C@@H]1C1c2ccccc2CCN1C(N)=O. The maximum atomic E-state index is 12.1. The van der Waals surface area contributed by atoms with E-state index in [1.54, 1.807) is 7.11 Å². The van der Waals surface area contributed by atoms with Gasteiger partial charge in [-0.05, 0) is 35.1 Å². The van der Waals surface area contributed by atoms with Crippen molar-refractivity contribution in [1.82, 2.24) is 4.90 Å². The molecule has 1 aliphatic carbocycles. The van der Waals surface area contributed by atoms with Crippen molar-refractivity contribution < 1.29 is 9.53 Å². The Hall–Kier alpha value is -2.33. The Labute approximate surface area is 142 Å². The number of methoxy groups -OCH3 is 1. The maximum absolute atomic E-state index is 12.1. The molecule has 2 amide bonds. The highest BCUT2D eigenvalue weighted by Gasteiger charge is 2.44. The smallest absolute Gasteiger partial charge is 0.315 e. The zero-order valence-corrected chi connectivity index (χ0v) is 13.8. The van der Waals surface area contributed by atoms with Gasteiger partial charge in [-0.15, -0.1) is 0 Å². The molecule has 0 aromatic heterocycles. The first-order valence-corrected chi connectivity index (χ1v) is 8.45. The van der Waals surface area contributed by atoms with E-state index in [0.717, 1.165) is 12.8 Å². The number of carbonyl (C=O) groups is 1. The molecule has 1 heterocycles. The number of nitrogens with zero attached hydrogens (tertiary/aromatic N) is 1. The van der Waals surface area contributed by atoms with Crippen molar-refractivity contribution in [1.29, 1.82) is 0 Å². The summed E-state index contributed by atoms with van der Waals surface area (Å²) in [4.78, 5) is 14.0. The molecule has 2 aromatic carbocycles. The molecular weight excluding hydrogens is 300 g/mol. The summed E-state index contributed by atoms with van der Waals surface area (Å²) in [5.41, 5.74) is 10.8. The maximum Gasteiger partial charge on any atom is 0.315 e. The van der Waals surface area contributed by atoms with Crippen molar-refractivity contribution in [2.24, 2.45) is 5.73 Å². The van der Waals surface area contributed by atoms with Crippen LogP contribution in [0.1, 0.15) is 34.2 Å². The first-order chi connectivity index (χ1) is 11.7. The number of rotatable bonds is 2. The van der Waals surface area contributed by atoms with Crippen LogP contribution < -0.4 is 5.73 Å². The van der Waals surface area contributed by atoms with Crippen molar-refractivity contribution in [3.63, 3.8) is 0 Å². The lowest BCUT2D eigenvalue weighted by atomic mass is 9.81. The van der Waals surface area contributed by atoms with E-state index in [1.807, 2.05) is 11.0 Å². The number of hydrogen-bond donors (Lipinski definition) is 1. The van der Waals surface area contributed by atoms with E-state index < -0.39 is 0 Å². The number of nitrogens with two attached hydrogens (primary N) is 1. The first kappa shape index (κ1) is 15.2. The van der Waals surface area contributed by atoms with Crippen molar-refractivity contribution in [2.45, 2.75) is 30.9 Å². The third kappa shape index (κ3) is 2.29. The monoisotopic (exact) mass is 322 g/mol. The fourth-order valence-corrected chi connectivity index (χ4v) is 4.43. The summed E-state index contributed by atoms with van der Waals surface area (Å²) in [5.74, 6) is 0.111. The summed E-state index contributed by atoms with van der Waals surface area (Å²) >= 11 is 0. The molecule has 0 bridgehead atoms. The fraction of sp³-hybridized carbons (Fsp3) is 0.350. The minimum absolute atomic E-state index is 0.0559. The van der Waals surface area contributed by atoms with Gasteiger partial charge in [0.2, 0.25) is 0 Å². The Morgan fingerprint density at radius 1 is 1.08 bits per heavy atom. The molecule has 0 fully saturated rings. The summed E-state index contributed by atoms with van der Waals surface area (Å²) in [6, 6.07) is 16.4. The fourth-order valence-electron chi connectivity index (χ4n) is 4.43. The van der Waals surface area contributed by atoms with E-state index in [1.165, 1.54) is 22.3 Å². The molecule has 1 unspecified atom stereocenters. The Morgan fingerprint density at radius 2 is 1.75 bits per heavy atom. The molecule has 0 radical (unpaired) electrons. The summed E-state index contributed by atoms with van der Waals surface area (Å²) in [7, 11) is 1.76. The number of ether oxygens (including phenoxy) is 1. The average Bonchev–Trinajstić information content (AvgIpc) is 2.98. The first-order valence-electron chi connectivity index (χ1n) is 8.45. The zero-order valence-electron chi connectivity index (χ0n) is 13.8. The van der Waals surface area contributed by atoms with Crippen LogP contribution >= 0.6 is 0 Å². The number of amides is 2. The van der Waals surface area contributed by atoms with Gasteiger partial charge in [0, 0.05) is 19.6 Å². The summed E-state index contributed by atoms with van der Waals surface area (Å²) in [6.45, 7) is 0.659. The van der Waals surface area contributed by atoms with Gasteiger partial charge in [0.1, 0.15) is 0 Å². The molecule has 0 spiro atoms. The quantitative estimate of drug-likeness (QED) is 0.924. The Kier molecular flexibility index (Phi) is 3.77. The van der Waals surface area contributed by atoms with Crippen LogP contribution in [0.15, 0.2) is 48.5 Å². The van der Waals surface area contributed by atoms with E-state index in [-0.39, 0.29) is 24.1 Å². The van der Waals surface area contributed by atoms with Crippen LogP contribution in [0.2, 0.25) is 0 Å². The molecule has 2 N–H and O–H groups in total. The lowest BCUT2D eigenvalue weighted by molar-refractivity contribution is 0.0544. The van der Waals surface area contributed by atoms with Gasteiger partial charge in [0.25, 0.3) is 0 Å². The van der Waals surface area contributed by atoms with Crippen LogP contribution in [-0.4, -0.2) is 30.7 Å². The summed E-state index contributed by atoms with van der Waals surface area (Å²) in [6.07, 6.45) is 1.78. The van der Waals surface area contributed by atoms with E-state index in [9.17, 15) is 4.79 Å². The van der Waals surface area contributed by atoms with E-state index in [0.29, 0.717) is 6.54 Å². The van der Waals surface area contributed by atoms with Crippen molar-refractivity contribution >= 4 is 6.03 Å². The van der Waals surface area contributed by atoms with Gasteiger partial charge in [0.05, 0.1) is 12.1 Å². The zero-order chi connectivity index (χ0) is 16.7. The second kappa shape index (κ2) is 5.95. The minimum atomic E-state index is -0.353. The van der Waals surface area contributed by atoms with Crippen molar-refractivity contribution in [2.75, 3.05) is 13.7 Å². The molecule has 2 aliphatic rings. The highest BCUT2D eigenvalue weighted by atomic mass is 16.5. The van der Waals surface area contributed by atoms with Crippen LogP contribution in [0.5, 0.6) is 0 Å². The molecule has 24 heavy (non-hydrogen) atoms. The molecule has 1 aliphatic heterocycles. The minimum Gasteiger partial charge on any atom is -0.380 e. The number of carbonyl (C=O) groups excluding carboxylic acids is 1. The predicted molar refractivity (Wildman–Crippen MR) is 92.9 cm³/mol. The van der Waals surface area contributed by atoms with Gasteiger partial charge >= 0.3 is 6.03 Å². The Balaban J connectivity index is 1.86.